The second-order valence-electron chi connectivity index (χ2n) is 28.1. The van der Waals surface area contributed by atoms with E-state index in [1.165, 1.54) is 42.8 Å². The van der Waals surface area contributed by atoms with Gasteiger partial charge in [-0.25, -0.2) is 22.8 Å². The predicted molar refractivity (Wildman–Crippen MR) is 421 cm³/mol. The molecule has 5 aromatic carbocycles. The summed E-state index contributed by atoms with van der Waals surface area (Å²) in [5.41, 5.74) is 17.9. The first-order valence-corrected chi connectivity index (χ1v) is 38.6. The Bertz CT molecular complexity index is 4260. The number of piperidine rings is 3. The Morgan fingerprint density at radius 2 is 0.852 bits per heavy atom. The molecule has 7 atom stereocenters. The zero-order valence-electron chi connectivity index (χ0n) is 65.7. The summed E-state index contributed by atoms with van der Waals surface area (Å²) in [6.07, 6.45) is 12.3. The average molecular weight is 1500 g/mol. The number of nitrogens with two attached hydrogens (primary N) is 1. The molecule has 108 heavy (non-hydrogen) atoms. The van der Waals surface area contributed by atoms with Crippen molar-refractivity contribution in [3.05, 3.63) is 213 Å². The Balaban J connectivity index is 0.000000190. The van der Waals surface area contributed by atoms with Gasteiger partial charge in [0.15, 0.2) is 0 Å². The lowest BCUT2D eigenvalue weighted by molar-refractivity contribution is -0.135. The van der Waals surface area contributed by atoms with E-state index in [0.29, 0.717) is 85.6 Å². The second-order valence-corrected chi connectivity index (χ2v) is 29.1. The molecule has 2 saturated carbocycles. The van der Waals surface area contributed by atoms with Gasteiger partial charge in [0.25, 0.3) is 17.7 Å². The Kier molecular flexibility index (Phi) is 30.8. The van der Waals surface area contributed by atoms with Crippen LogP contribution >= 0.6 is 11.8 Å². The number of aryl methyl sites for hydroxylation is 6. The van der Waals surface area contributed by atoms with Gasteiger partial charge >= 0.3 is 0 Å². The maximum atomic E-state index is 13.4. The minimum Gasteiger partial charge on any atom is -0.396 e. The lowest BCUT2D eigenvalue weighted by Crippen LogP contribution is -2.51. The van der Waals surface area contributed by atoms with E-state index >= 15 is 0 Å². The number of likely N-dealkylation sites (tertiary alicyclic amines) is 3. The molecule has 0 unspecified atom stereocenters. The average Bonchev–Trinajstić information content (AvgIpc) is 1.64. The number of aromatic nitrogens is 6. The van der Waals surface area contributed by atoms with Crippen LogP contribution < -0.4 is 21.7 Å². The number of nitrogens with one attached hydrogen (secondary N) is 3. The van der Waals surface area contributed by atoms with Gasteiger partial charge in [0.2, 0.25) is 17.7 Å². The van der Waals surface area contributed by atoms with Gasteiger partial charge < -0.3 is 46.3 Å². The maximum absolute atomic E-state index is 13.4. The fourth-order valence-corrected chi connectivity index (χ4v) is 15.0. The van der Waals surface area contributed by atoms with Gasteiger partial charge in [-0.3, -0.25) is 28.8 Å². The summed E-state index contributed by atoms with van der Waals surface area (Å²) in [5, 5.41) is 31.3. The zero-order valence-corrected chi connectivity index (χ0v) is 64.5. The van der Waals surface area contributed by atoms with Gasteiger partial charge in [0, 0.05) is 107 Å². The van der Waals surface area contributed by atoms with Crippen LogP contribution in [0.4, 0.5) is 8.78 Å². The predicted octanol–water partition coefficient (Wildman–Crippen LogP) is 12.8. The number of amides is 6. The summed E-state index contributed by atoms with van der Waals surface area (Å²) in [6.45, 7) is 18.2. The minimum absolute atomic E-state index is 0.00990. The molecule has 3 aliphatic heterocycles. The highest BCUT2D eigenvalue weighted by Gasteiger charge is 2.39. The van der Waals surface area contributed by atoms with Crippen molar-refractivity contribution in [3.8, 4) is 17.1 Å². The number of aliphatic hydroxyl groups is 1. The molecule has 6 heterocycles. The van der Waals surface area contributed by atoms with Crippen LogP contribution in [0.15, 0.2) is 140 Å². The molecule has 3 saturated heterocycles. The zero-order chi connectivity index (χ0) is 79.4. The number of aldehydes is 1. The third-order valence-corrected chi connectivity index (χ3v) is 20.9. The first-order chi connectivity index (χ1) is 53.1. The summed E-state index contributed by atoms with van der Waals surface area (Å²) in [6, 6.07) is 39.1. The van der Waals surface area contributed by atoms with E-state index in [1.807, 2.05) is 139 Å². The number of thioether (sulfide) groups is 1. The third-order valence-electron chi connectivity index (χ3n) is 19.7. The third kappa shape index (κ3) is 23.7. The Morgan fingerprint density at radius 1 is 0.528 bits per heavy atom. The highest BCUT2D eigenvalue weighted by Crippen LogP contribution is 2.49. The van der Waals surface area contributed by atoms with Crippen LogP contribution in [0.5, 0.6) is 0 Å². The maximum Gasteiger partial charge on any atom is 0.251 e. The van der Waals surface area contributed by atoms with Crippen molar-refractivity contribution in [1.29, 1.82) is 0 Å². The largest absolute Gasteiger partial charge is 0.396 e. The molecule has 2 aliphatic carbocycles. The quantitative estimate of drug-likeness (QED) is 0.0396. The van der Waals surface area contributed by atoms with Crippen molar-refractivity contribution in [3.63, 3.8) is 0 Å². The number of hydrogen-bond donors (Lipinski definition) is 5. The van der Waals surface area contributed by atoms with Crippen LogP contribution in [-0.4, -0.2) is 172 Å². The van der Waals surface area contributed by atoms with Gasteiger partial charge in [-0.05, 0) is 263 Å². The van der Waals surface area contributed by atoms with Crippen molar-refractivity contribution >= 4 is 53.5 Å². The van der Waals surface area contributed by atoms with Crippen molar-refractivity contribution in [2.45, 2.75) is 182 Å². The van der Waals surface area contributed by atoms with Gasteiger partial charge in [-0.1, -0.05) is 45.5 Å². The number of hydrogen-bond acceptors (Lipinski definition) is 13. The molecular formula is C84H109F2N13O8S. The molecule has 578 valence electrons. The van der Waals surface area contributed by atoms with E-state index < -0.39 is 18.1 Å². The van der Waals surface area contributed by atoms with Crippen molar-refractivity contribution in [1.82, 2.24) is 60.0 Å². The second kappa shape index (κ2) is 41.1. The van der Waals surface area contributed by atoms with Gasteiger partial charge in [-0.15, -0.1) is 0 Å². The first-order valence-electron chi connectivity index (χ1n) is 39.1. The minimum atomic E-state index is -0.821. The van der Waals surface area contributed by atoms with Crippen LogP contribution in [0.3, 0.4) is 0 Å². The van der Waals surface area contributed by atoms with Gasteiger partial charge in [0.1, 0.15) is 36.0 Å². The van der Waals surface area contributed by atoms with Crippen molar-refractivity contribution in [2.75, 3.05) is 57.4 Å². The number of nitrogens with zero attached hydrogens (tertiary/aromatic N) is 9. The molecule has 21 nitrogen and oxygen atoms in total. The standard InChI is InChI=1S/C30H35FN4O2S.C21H28N4O3.C21H26N4O3.C9H10FN.C2H6.CH4/c1-20-16-21(2)35(33-20)26-12-8-23(9-13-26)29(36)32-28(30(37)34-14-4-3-5-15-34)19-38-18-24-17-27(24)22-6-10-25(31)11-7-22;2*1-15-14-16(2)25(23-15)18-8-6-17(7-9-18)20(27)22-19(10-13-26)21(28)24-11-4-3-5-12-24;10-7-3-1-6(2-4-7)8-5-9(8)11;1-2;/h6-13,16,24,27-28H,3-5,14-15,17-19H2,1-2H3,(H,32,36);6-9,14,19,26H,3-5,10-13H2,1-2H3,(H,22,27);6-9,13-14,19H,3-5,10-12H2,1-2H3,(H,22,27);1-4,8-9H,5,11H2;1-2H3;1H4/t24-,27-,28-;2*19-;8-,9+;;/m0000../s1/i;;;;2*1D. The fourth-order valence-electron chi connectivity index (χ4n) is 13.7. The topological polar surface area (TPSA) is 265 Å². The van der Waals surface area contributed by atoms with E-state index in [2.05, 4.69) is 31.2 Å². The van der Waals surface area contributed by atoms with Gasteiger partial charge in [0.05, 0.1) is 34.1 Å². The number of halogens is 2. The molecule has 3 aromatic heterocycles. The number of carbonyl (C=O) groups excluding carboxylic acids is 7. The molecule has 5 fully saturated rings. The smallest absolute Gasteiger partial charge is 0.251 e. The van der Waals surface area contributed by atoms with E-state index in [-0.39, 0.29) is 66.5 Å². The molecular weight excluding hydrogens is 1390 g/mol. The van der Waals surface area contributed by atoms with Crippen molar-refractivity contribution in [2.24, 2.45) is 11.7 Å². The molecule has 0 spiro atoms. The van der Waals surface area contributed by atoms with E-state index in [9.17, 15) is 47.4 Å². The summed E-state index contributed by atoms with van der Waals surface area (Å²) in [4.78, 5) is 93.7. The molecule has 24 heteroatoms. The summed E-state index contributed by atoms with van der Waals surface area (Å²) in [7, 11) is 1.25. The SMILES string of the molecule is Cc1cc(C)n(-c2ccc(C(=O)N[C@@H](CC=O)C(=O)N3CCCCC3)cc2)n1.Cc1cc(C)n(-c2ccc(C(=O)N[C@@H](CCO)C(=O)N3CCCCC3)cc2)n1.Cc1cc(C)n(-c2ccc(C(=O)N[C@@H](CSC[C@@H]3C[C@H]3c3ccc(F)cc3)C(=O)N3CCCCC3)cc2)n1.N[C@@H]1C[C@H]1c1ccc(F)cc1.[2H]C.[2H]CC. The molecule has 0 bridgehead atoms. The Hall–Kier alpha value is -9.65. The van der Waals surface area contributed by atoms with Crippen LogP contribution in [0.25, 0.3) is 17.1 Å². The number of aliphatic hydroxyl groups excluding tert-OH is 1. The first kappa shape index (κ1) is 80.9. The van der Waals surface area contributed by atoms with E-state index in [1.54, 1.807) is 64.9 Å². The normalized spacial score (nSPS) is 18.0. The number of benzene rings is 5. The van der Waals surface area contributed by atoms with Crippen LogP contribution in [-0.2, 0) is 19.2 Å². The number of rotatable bonds is 22. The highest BCUT2D eigenvalue weighted by atomic mass is 32.2. The molecule has 0 radical (unpaired) electrons. The van der Waals surface area contributed by atoms with Gasteiger partial charge in [-0.2, -0.15) is 27.1 Å². The fraction of sp³-hybridized carbons (Fsp3) is 0.452. The number of carbonyl (C=O) groups is 7. The molecule has 6 N–H and O–H groups in total. The summed E-state index contributed by atoms with van der Waals surface area (Å²) in [5.74, 6) is 1.32. The Morgan fingerprint density at radius 3 is 1.18 bits per heavy atom. The molecule has 5 aliphatic rings. The molecule has 13 rings (SSSR count). The summed E-state index contributed by atoms with van der Waals surface area (Å²) >= 11 is 1.72. The van der Waals surface area contributed by atoms with Crippen LogP contribution in [0, 0.1) is 59.1 Å². The lowest BCUT2D eigenvalue weighted by Gasteiger charge is -2.30. The Labute approximate surface area is 642 Å². The van der Waals surface area contributed by atoms with Crippen molar-refractivity contribution < 1.29 is 50.2 Å². The van der Waals surface area contributed by atoms with E-state index in [0.717, 1.165) is 141 Å². The molecule has 6 amide bonds. The monoisotopic (exact) mass is 1500 g/mol. The lowest BCUT2D eigenvalue weighted by atomic mass is 10.1. The van der Waals surface area contributed by atoms with Crippen LogP contribution in [0.2, 0.25) is 0 Å². The molecule has 8 aromatic rings. The van der Waals surface area contributed by atoms with E-state index in [4.69, 9.17) is 8.48 Å². The highest BCUT2D eigenvalue weighted by molar-refractivity contribution is 7.99. The van der Waals surface area contributed by atoms with Crippen LogP contribution in [0.1, 0.15) is 196 Å². The summed E-state index contributed by atoms with van der Waals surface area (Å²) < 4.78 is 43.1.